The number of hydrogen-bond donors (Lipinski definition) is 2. The molecule has 8 nitrogen and oxygen atoms in total. The second kappa shape index (κ2) is 9.72. The number of para-hydroxylation sites is 1. The predicted molar refractivity (Wildman–Crippen MR) is 107 cm³/mol. The van der Waals surface area contributed by atoms with E-state index in [0.717, 1.165) is 28.5 Å². The average Bonchev–Trinajstić information content (AvgIpc) is 3.29. The van der Waals surface area contributed by atoms with Crippen molar-refractivity contribution in [3.8, 4) is 5.69 Å². The predicted octanol–water partition coefficient (Wildman–Crippen LogP) is 2.07. The van der Waals surface area contributed by atoms with Gasteiger partial charge in [-0.1, -0.05) is 18.2 Å². The van der Waals surface area contributed by atoms with E-state index in [1.165, 1.54) is 0 Å². The van der Waals surface area contributed by atoms with E-state index in [9.17, 15) is 9.59 Å². The number of carbonyl (C=O) groups excluding carboxylic acids is 2. The Morgan fingerprint density at radius 1 is 1.14 bits per heavy atom. The van der Waals surface area contributed by atoms with Crippen LogP contribution in [0.25, 0.3) is 5.69 Å². The lowest BCUT2D eigenvalue weighted by Gasteiger charge is -2.17. The van der Waals surface area contributed by atoms with Gasteiger partial charge in [0.15, 0.2) is 6.29 Å². The summed E-state index contributed by atoms with van der Waals surface area (Å²) in [5.74, 6) is 0.579. The number of fused-ring (bicyclic) bond motifs is 1. The van der Waals surface area contributed by atoms with Crippen molar-refractivity contribution in [1.29, 1.82) is 0 Å². The molecule has 2 heterocycles. The van der Waals surface area contributed by atoms with E-state index in [-0.39, 0.29) is 6.54 Å². The Hall–Kier alpha value is -2.36. The van der Waals surface area contributed by atoms with E-state index in [4.69, 9.17) is 9.47 Å². The number of rotatable bonds is 8. The van der Waals surface area contributed by atoms with Gasteiger partial charge in [0.2, 0.25) is 0 Å². The molecule has 0 spiro atoms. The fourth-order valence-corrected chi connectivity index (χ4v) is 3.89. The summed E-state index contributed by atoms with van der Waals surface area (Å²) >= 11 is 1.73. The first kappa shape index (κ1) is 20.4. The van der Waals surface area contributed by atoms with Gasteiger partial charge >= 0.3 is 11.8 Å². The van der Waals surface area contributed by atoms with Crippen molar-refractivity contribution in [2.45, 2.75) is 31.6 Å². The smallest absolute Gasteiger partial charge is 0.314 e. The molecular weight excluding hydrogens is 380 g/mol. The molecule has 28 heavy (non-hydrogen) atoms. The molecule has 1 aromatic carbocycles. The van der Waals surface area contributed by atoms with Crippen LogP contribution in [0.15, 0.2) is 30.3 Å². The second-order valence-electron chi connectivity index (χ2n) is 6.02. The van der Waals surface area contributed by atoms with Crippen molar-refractivity contribution in [2.75, 3.05) is 25.1 Å². The lowest BCUT2D eigenvalue weighted by Crippen LogP contribution is -2.41. The first-order valence-electron chi connectivity index (χ1n) is 9.20. The zero-order valence-corrected chi connectivity index (χ0v) is 16.8. The van der Waals surface area contributed by atoms with Gasteiger partial charge in [-0.2, -0.15) is 16.9 Å². The molecule has 9 heteroatoms. The molecule has 0 fully saturated rings. The van der Waals surface area contributed by atoms with Gasteiger partial charge < -0.3 is 20.1 Å². The van der Waals surface area contributed by atoms with Crippen molar-refractivity contribution >= 4 is 29.4 Å². The number of benzene rings is 1. The standard InChI is InChI=1S/C19H24N4O4S/c1-3-26-16(27-4-2)10-20-18(24)19(25)21-17-14-11-28-12-15(14)22-23(17)13-8-6-5-7-9-13/h5-9,16H,3-4,10-12H2,1-2H3,(H,20,24)(H,21,25). The summed E-state index contributed by atoms with van der Waals surface area (Å²) in [4.78, 5) is 24.7. The molecule has 2 N–H and O–H groups in total. The summed E-state index contributed by atoms with van der Waals surface area (Å²) in [5, 5.41) is 9.89. The topological polar surface area (TPSA) is 94.5 Å². The van der Waals surface area contributed by atoms with E-state index >= 15 is 0 Å². The summed E-state index contributed by atoms with van der Waals surface area (Å²) in [6.45, 7) is 4.67. The van der Waals surface area contributed by atoms with Gasteiger partial charge in [-0.3, -0.25) is 9.59 Å². The highest BCUT2D eigenvalue weighted by molar-refractivity contribution is 7.98. The molecule has 0 aliphatic carbocycles. The molecule has 1 aromatic heterocycles. The van der Waals surface area contributed by atoms with Gasteiger partial charge in [0.1, 0.15) is 5.82 Å². The van der Waals surface area contributed by atoms with Crippen LogP contribution in [0, 0.1) is 0 Å². The van der Waals surface area contributed by atoms with Gasteiger partial charge in [0.25, 0.3) is 0 Å². The third-order valence-electron chi connectivity index (χ3n) is 4.13. The van der Waals surface area contributed by atoms with Crippen LogP contribution in [0.1, 0.15) is 25.1 Å². The third kappa shape index (κ3) is 4.73. The van der Waals surface area contributed by atoms with Crippen molar-refractivity contribution in [1.82, 2.24) is 15.1 Å². The van der Waals surface area contributed by atoms with Crippen LogP contribution in [-0.4, -0.2) is 47.6 Å². The maximum atomic E-state index is 12.5. The normalized spacial score (nSPS) is 12.8. The van der Waals surface area contributed by atoms with E-state index in [0.29, 0.717) is 19.0 Å². The molecule has 0 radical (unpaired) electrons. The molecule has 0 saturated carbocycles. The van der Waals surface area contributed by atoms with Gasteiger partial charge in [-0.05, 0) is 26.0 Å². The van der Waals surface area contributed by atoms with Crippen molar-refractivity contribution in [2.24, 2.45) is 0 Å². The zero-order valence-electron chi connectivity index (χ0n) is 15.9. The van der Waals surface area contributed by atoms with Crippen LogP contribution in [0.4, 0.5) is 5.82 Å². The molecule has 3 rings (SSSR count). The molecule has 0 bridgehead atoms. The number of thioether (sulfide) groups is 1. The van der Waals surface area contributed by atoms with Crippen LogP contribution < -0.4 is 10.6 Å². The molecule has 1 aliphatic rings. The molecule has 0 saturated heterocycles. The number of amides is 2. The minimum absolute atomic E-state index is 0.0971. The third-order valence-corrected chi connectivity index (χ3v) is 5.10. The van der Waals surface area contributed by atoms with Crippen LogP contribution >= 0.6 is 11.8 Å². The van der Waals surface area contributed by atoms with E-state index in [1.54, 1.807) is 16.4 Å². The summed E-state index contributed by atoms with van der Waals surface area (Å²) < 4.78 is 12.4. The summed E-state index contributed by atoms with van der Waals surface area (Å²) in [5.41, 5.74) is 2.71. The Balaban J connectivity index is 1.71. The first-order valence-corrected chi connectivity index (χ1v) is 10.4. The lowest BCUT2D eigenvalue weighted by atomic mass is 10.2. The van der Waals surface area contributed by atoms with Crippen molar-refractivity contribution < 1.29 is 19.1 Å². The summed E-state index contributed by atoms with van der Waals surface area (Å²) in [7, 11) is 0. The molecule has 2 aromatic rings. The molecule has 0 atom stereocenters. The number of hydrogen-bond acceptors (Lipinski definition) is 6. The highest BCUT2D eigenvalue weighted by atomic mass is 32.2. The van der Waals surface area contributed by atoms with Crippen LogP contribution in [-0.2, 0) is 30.6 Å². The fourth-order valence-electron chi connectivity index (χ4n) is 2.86. The maximum absolute atomic E-state index is 12.5. The summed E-state index contributed by atoms with van der Waals surface area (Å²) in [6.07, 6.45) is -0.581. The average molecular weight is 404 g/mol. The molecule has 0 unspecified atom stereocenters. The van der Waals surface area contributed by atoms with E-state index < -0.39 is 18.1 Å². The number of nitrogens with one attached hydrogen (secondary N) is 2. The van der Waals surface area contributed by atoms with Crippen molar-refractivity contribution in [3.05, 3.63) is 41.6 Å². The highest BCUT2D eigenvalue weighted by Gasteiger charge is 2.26. The van der Waals surface area contributed by atoms with E-state index in [2.05, 4.69) is 15.7 Å². The minimum atomic E-state index is -0.747. The Labute approximate surface area is 168 Å². The number of ether oxygens (including phenoxy) is 2. The molecule has 150 valence electrons. The van der Waals surface area contributed by atoms with Gasteiger partial charge in [-0.25, -0.2) is 4.68 Å². The number of anilines is 1. The van der Waals surface area contributed by atoms with Crippen LogP contribution in [0.2, 0.25) is 0 Å². The van der Waals surface area contributed by atoms with Crippen molar-refractivity contribution in [3.63, 3.8) is 0 Å². The molecule has 1 aliphatic heterocycles. The molecular formula is C19H24N4O4S. The largest absolute Gasteiger partial charge is 0.351 e. The second-order valence-corrected chi connectivity index (χ2v) is 7.00. The Morgan fingerprint density at radius 3 is 2.54 bits per heavy atom. The van der Waals surface area contributed by atoms with Crippen LogP contribution in [0.3, 0.4) is 0 Å². The monoisotopic (exact) mass is 404 g/mol. The maximum Gasteiger partial charge on any atom is 0.314 e. The Bertz CT molecular complexity index is 819. The highest BCUT2D eigenvalue weighted by Crippen LogP contribution is 2.35. The quantitative estimate of drug-likeness (QED) is 0.517. The Morgan fingerprint density at radius 2 is 1.86 bits per heavy atom. The van der Waals surface area contributed by atoms with Gasteiger partial charge in [-0.15, -0.1) is 0 Å². The van der Waals surface area contributed by atoms with Gasteiger partial charge in [0, 0.05) is 30.3 Å². The first-order chi connectivity index (χ1) is 13.6. The Kier molecular flexibility index (Phi) is 7.07. The lowest BCUT2D eigenvalue weighted by molar-refractivity contribution is -0.145. The summed E-state index contributed by atoms with van der Waals surface area (Å²) in [6, 6.07) is 9.52. The zero-order chi connectivity index (χ0) is 19.9. The van der Waals surface area contributed by atoms with Gasteiger partial charge in [0.05, 0.1) is 17.9 Å². The number of aromatic nitrogens is 2. The fraction of sp³-hybridized carbons (Fsp3) is 0.421. The minimum Gasteiger partial charge on any atom is -0.351 e. The number of nitrogens with zero attached hydrogens (tertiary/aromatic N) is 2. The number of carbonyl (C=O) groups is 2. The molecule has 2 amide bonds. The SMILES string of the molecule is CCOC(CNC(=O)C(=O)Nc1c2c(nn1-c1ccccc1)CSC2)OCC. The van der Waals surface area contributed by atoms with Crippen LogP contribution in [0.5, 0.6) is 0 Å². The van der Waals surface area contributed by atoms with E-state index in [1.807, 2.05) is 44.2 Å².